The number of hydrogen-bond donors (Lipinski definition) is 1. The van der Waals surface area contributed by atoms with E-state index in [4.69, 9.17) is 5.26 Å². The van der Waals surface area contributed by atoms with Crippen LogP contribution in [-0.4, -0.2) is 28.0 Å². The van der Waals surface area contributed by atoms with Crippen LogP contribution in [0.5, 0.6) is 0 Å². The van der Waals surface area contributed by atoms with Crippen molar-refractivity contribution in [2.24, 2.45) is 0 Å². The second-order valence-electron chi connectivity index (χ2n) is 6.64. The SMILES string of the molecule is N#Cc1ccc(F)c(CN2CCCC(c3c[nH]c4ncccc34)C2)c1. The third-order valence-electron chi connectivity index (χ3n) is 5.00. The Morgan fingerprint density at radius 1 is 1.36 bits per heavy atom. The van der Waals surface area contributed by atoms with Crippen LogP contribution in [0, 0.1) is 17.1 Å². The first-order chi connectivity index (χ1) is 12.2. The number of fused-ring (bicyclic) bond motifs is 1. The molecule has 0 spiro atoms. The van der Waals surface area contributed by atoms with Gasteiger partial charge in [0, 0.05) is 36.4 Å². The van der Waals surface area contributed by atoms with E-state index in [0.29, 0.717) is 23.6 Å². The highest BCUT2D eigenvalue weighted by atomic mass is 19.1. The number of nitrogens with zero attached hydrogens (tertiary/aromatic N) is 3. The first-order valence-corrected chi connectivity index (χ1v) is 8.57. The van der Waals surface area contributed by atoms with E-state index < -0.39 is 0 Å². The maximum Gasteiger partial charge on any atom is 0.137 e. The minimum absolute atomic E-state index is 0.239. The first-order valence-electron chi connectivity index (χ1n) is 8.57. The van der Waals surface area contributed by atoms with Gasteiger partial charge in [-0.05, 0) is 61.2 Å². The fraction of sp³-hybridized carbons (Fsp3) is 0.300. The van der Waals surface area contributed by atoms with Crippen molar-refractivity contribution in [1.29, 1.82) is 5.26 Å². The molecule has 1 aliphatic rings. The molecule has 0 aliphatic carbocycles. The van der Waals surface area contributed by atoms with Crippen LogP contribution in [0.2, 0.25) is 0 Å². The van der Waals surface area contributed by atoms with Gasteiger partial charge in [0.25, 0.3) is 0 Å². The molecule has 4 rings (SSSR count). The van der Waals surface area contributed by atoms with Crippen LogP contribution in [-0.2, 0) is 6.54 Å². The molecule has 3 aromatic rings. The van der Waals surface area contributed by atoms with Crippen LogP contribution in [0.25, 0.3) is 11.0 Å². The van der Waals surface area contributed by atoms with Crippen molar-refractivity contribution in [1.82, 2.24) is 14.9 Å². The van der Waals surface area contributed by atoms with Gasteiger partial charge in [0.1, 0.15) is 11.5 Å². The van der Waals surface area contributed by atoms with Crippen molar-refractivity contribution in [3.05, 3.63) is 65.2 Å². The molecular formula is C20H19FN4. The summed E-state index contributed by atoms with van der Waals surface area (Å²) < 4.78 is 14.1. The number of benzene rings is 1. The van der Waals surface area contributed by atoms with Gasteiger partial charge in [-0.1, -0.05) is 0 Å². The fourth-order valence-electron chi connectivity index (χ4n) is 3.77. The zero-order chi connectivity index (χ0) is 17.2. The smallest absolute Gasteiger partial charge is 0.137 e. The molecule has 0 amide bonds. The third kappa shape index (κ3) is 3.13. The van der Waals surface area contributed by atoms with Gasteiger partial charge in [-0.25, -0.2) is 9.37 Å². The van der Waals surface area contributed by atoms with Gasteiger partial charge in [-0.15, -0.1) is 0 Å². The van der Waals surface area contributed by atoms with Crippen molar-refractivity contribution >= 4 is 11.0 Å². The molecular weight excluding hydrogens is 315 g/mol. The first kappa shape index (κ1) is 15.8. The molecule has 1 atom stereocenters. The predicted molar refractivity (Wildman–Crippen MR) is 94.5 cm³/mol. The molecule has 0 radical (unpaired) electrons. The number of likely N-dealkylation sites (tertiary alicyclic amines) is 1. The van der Waals surface area contributed by atoms with E-state index in [1.807, 2.05) is 6.07 Å². The van der Waals surface area contributed by atoms with Crippen molar-refractivity contribution in [2.75, 3.05) is 13.1 Å². The summed E-state index contributed by atoms with van der Waals surface area (Å²) in [5.74, 6) is 0.173. The topological polar surface area (TPSA) is 55.7 Å². The average molecular weight is 334 g/mol. The molecule has 3 heterocycles. The number of halogens is 1. The molecule has 5 heteroatoms. The monoisotopic (exact) mass is 334 g/mol. The summed E-state index contributed by atoms with van der Waals surface area (Å²) in [7, 11) is 0. The summed E-state index contributed by atoms with van der Waals surface area (Å²) in [6.07, 6.45) is 6.06. The van der Waals surface area contributed by atoms with Crippen LogP contribution < -0.4 is 0 Å². The van der Waals surface area contributed by atoms with E-state index in [1.54, 1.807) is 12.3 Å². The van der Waals surface area contributed by atoms with Crippen LogP contribution in [0.4, 0.5) is 4.39 Å². The Labute approximate surface area is 145 Å². The number of piperidine rings is 1. The lowest BCUT2D eigenvalue weighted by atomic mass is 9.90. The van der Waals surface area contributed by atoms with Crippen LogP contribution >= 0.6 is 0 Å². The normalized spacial score (nSPS) is 18.3. The van der Waals surface area contributed by atoms with Crippen LogP contribution in [0.15, 0.2) is 42.7 Å². The Kier molecular flexibility index (Phi) is 4.21. The number of H-pyrrole nitrogens is 1. The number of pyridine rings is 1. The minimum atomic E-state index is -0.239. The molecule has 126 valence electrons. The highest BCUT2D eigenvalue weighted by molar-refractivity contribution is 5.80. The summed E-state index contributed by atoms with van der Waals surface area (Å²) in [4.78, 5) is 9.89. The lowest BCUT2D eigenvalue weighted by molar-refractivity contribution is 0.198. The van der Waals surface area contributed by atoms with Crippen molar-refractivity contribution < 1.29 is 4.39 Å². The van der Waals surface area contributed by atoms with Gasteiger partial charge in [-0.2, -0.15) is 5.26 Å². The van der Waals surface area contributed by atoms with Crippen molar-refractivity contribution in [3.63, 3.8) is 0 Å². The van der Waals surface area contributed by atoms with E-state index >= 15 is 0 Å². The number of aromatic nitrogens is 2. The summed E-state index contributed by atoms with van der Waals surface area (Å²) in [6, 6.07) is 10.7. The summed E-state index contributed by atoms with van der Waals surface area (Å²) in [6.45, 7) is 2.38. The Balaban J connectivity index is 1.55. The molecule has 1 saturated heterocycles. The zero-order valence-electron chi connectivity index (χ0n) is 13.9. The molecule has 0 saturated carbocycles. The van der Waals surface area contributed by atoms with Gasteiger partial charge < -0.3 is 4.98 Å². The Morgan fingerprint density at radius 3 is 3.16 bits per heavy atom. The van der Waals surface area contributed by atoms with Crippen LogP contribution in [0.1, 0.15) is 35.4 Å². The fourth-order valence-corrected chi connectivity index (χ4v) is 3.77. The zero-order valence-corrected chi connectivity index (χ0v) is 13.9. The van der Waals surface area contributed by atoms with Crippen molar-refractivity contribution in [3.8, 4) is 6.07 Å². The standard InChI is InChI=1S/C20H19FN4/c21-19-6-5-14(10-22)9-16(19)13-25-8-2-3-15(12-25)18-11-24-20-17(18)4-1-7-23-20/h1,4-7,9,11,15H,2-3,8,12-13H2,(H,23,24). The minimum Gasteiger partial charge on any atom is -0.346 e. The predicted octanol–water partition coefficient (Wildman–Crippen LogP) is 3.95. The third-order valence-corrected chi connectivity index (χ3v) is 5.00. The highest BCUT2D eigenvalue weighted by Gasteiger charge is 2.24. The molecule has 1 aliphatic heterocycles. The molecule has 4 nitrogen and oxygen atoms in total. The van der Waals surface area contributed by atoms with Crippen LogP contribution in [0.3, 0.4) is 0 Å². The summed E-state index contributed by atoms with van der Waals surface area (Å²) in [5.41, 5.74) is 3.31. The van der Waals surface area contributed by atoms with E-state index in [0.717, 1.165) is 31.6 Å². The van der Waals surface area contributed by atoms with Gasteiger partial charge in [-0.3, -0.25) is 4.90 Å². The lowest BCUT2D eigenvalue weighted by Crippen LogP contribution is -2.34. The van der Waals surface area contributed by atoms with E-state index in [2.05, 4.69) is 33.2 Å². The quantitative estimate of drug-likeness (QED) is 0.789. The molecule has 0 bridgehead atoms. The number of nitrogens with one attached hydrogen (secondary N) is 1. The van der Waals surface area contributed by atoms with Gasteiger partial charge >= 0.3 is 0 Å². The van der Waals surface area contributed by atoms with E-state index in [1.165, 1.54) is 23.1 Å². The molecule has 2 aromatic heterocycles. The highest BCUT2D eigenvalue weighted by Crippen LogP contribution is 2.32. The van der Waals surface area contributed by atoms with Gasteiger partial charge in [0.15, 0.2) is 0 Å². The largest absolute Gasteiger partial charge is 0.346 e. The maximum absolute atomic E-state index is 14.1. The number of hydrogen-bond acceptors (Lipinski definition) is 3. The second-order valence-corrected chi connectivity index (χ2v) is 6.64. The molecule has 1 fully saturated rings. The number of rotatable bonds is 3. The Morgan fingerprint density at radius 2 is 2.28 bits per heavy atom. The van der Waals surface area contributed by atoms with Gasteiger partial charge in [0.2, 0.25) is 0 Å². The molecule has 1 unspecified atom stereocenters. The molecule has 1 N–H and O–H groups in total. The van der Waals surface area contributed by atoms with E-state index in [9.17, 15) is 4.39 Å². The Hall–Kier alpha value is -2.71. The van der Waals surface area contributed by atoms with Gasteiger partial charge in [0.05, 0.1) is 11.6 Å². The second kappa shape index (κ2) is 6.66. The summed E-state index contributed by atoms with van der Waals surface area (Å²) >= 11 is 0. The van der Waals surface area contributed by atoms with E-state index in [-0.39, 0.29) is 5.82 Å². The van der Waals surface area contributed by atoms with Crippen molar-refractivity contribution in [2.45, 2.75) is 25.3 Å². The number of aromatic amines is 1. The summed E-state index contributed by atoms with van der Waals surface area (Å²) in [5, 5.41) is 10.2. The maximum atomic E-state index is 14.1. The number of nitriles is 1. The molecule has 25 heavy (non-hydrogen) atoms. The lowest BCUT2D eigenvalue weighted by Gasteiger charge is -2.32. The average Bonchev–Trinajstić information content (AvgIpc) is 3.08. The Bertz CT molecular complexity index is 940. The molecule has 1 aromatic carbocycles.